The number of carbonyl (C=O) groups excluding carboxylic acids is 3. The molecule has 0 unspecified atom stereocenters. The van der Waals surface area contributed by atoms with Gasteiger partial charge in [0, 0.05) is 43.2 Å². The Morgan fingerprint density at radius 1 is 1.07 bits per heavy atom. The first-order chi connectivity index (χ1) is 21.3. The molecule has 0 aliphatic carbocycles. The maximum absolute atomic E-state index is 14.1. The zero-order valence-electron chi connectivity index (χ0n) is 24.9. The van der Waals surface area contributed by atoms with Crippen molar-refractivity contribution in [3.8, 4) is 0 Å². The second-order valence-electron chi connectivity index (χ2n) is 11.8. The molecule has 228 valence electrons. The van der Waals surface area contributed by atoms with Gasteiger partial charge in [-0.05, 0) is 41.3 Å². The fraction of sp³-hybridized carbons (Fsp3) is 0.343. The van der Waals surface area contributed by atoms with Crippen LogP contribution in [0, 0.1) is 5.92 Å². The molecule has 3 aliphatic heterocycles. The monoisotopic (exact) mass is 594 g/mol. The highest BCUT2D eigenvalue weighted by molar-refractivity contribution is 6.08. The van der Waals surface area contributed by atoms with Gasteiger partial charge in [-0.1, -0.05) is 73.7 Å². The third-order valence-electron chi connectivity index (χ3n) is 9.10. The highest BCUT2D eigenvalue weighted by atomic mass is 16.3. The maximum Gasteiger partial charge on any atom is 0.264 e. The molecule has 0 spiro atoms. The Labute approximate surface area is 257 Å². The van der Waals surface area contributed by atoms with Crippen LogP contribution in [0.1, 0.15) is 35.6 Å². The topological polar surface area (TPSA) is 113 Å². The van der Waals surface area contributed by atoms with Crippen molar-refractivity contribution in [2.24, 2.45) is 5.92 Å². The number of anilines is 2. The Kier molecular flexibility index (Phi) is 8.35. The fourth-order valence-corrected chi connectivity index (χ4v) is 6.58. The van der Waals surface area contributed by atoms with Crippen molar-refractivity contribution < 1.29 is 24.6 Å². The zero-order valence-corrected chi connectivity index (χ0v) is 24.9. The lowest BCUT2D eigenvalue weighted by atomic mass is 9.82. The molecule has 1 fully saturated rings. The van der Waals surface area contributed by atoms with E-state index in [1.54, 1.807) is 39.8 Å². The number of hydrogen-bond acceptors (Lipinski definition) is 6. The third kappa shape index (κ3) is 5.43. The molecule has 0 aromatic heterocycles. The molecule has 9 heteroatoms. The van der Waals surface area contributed by atoms with Crippen LogP contribution in [0.5, 0.6) is 0 Å². The smallest absolute Gasteiger partial charge is 0.264 e. The van der Waals surface area contributed by atoms with Crippen molar-refractivity contribution in [2.45, 2.75) is 44.5 Å². The Balaban J connectivity index is 1.26. The van der Waals surface area contributed by atoms with Crippen molar-refractivity contribution in [1.82, 2.24) is 10.2 Å². The molecule has 3 atom stereocenters. The van der Waals surface area contributed by atoms with E-state index in [1.165, 1.54) is 0 Å². The summed E-state index contributed by atoms with van der Waals surface area (Å²) in [5, 5.41) is 25.3. The van der Waals surface area contributed by atoms with E-state index in [9.17, 15) is 24.6 Å². The summed E-state index contributed by atoms with van der Waals surface area (Å²) in [6.07, 6.45) is 4.10. The maximum atomic E-state index is 14.1. The van der Waals surface area contributed by atoms with Crippen LogP contribution >= 0.6 is 0 Å². The van der Waals surface area contributed by atoms with Gasteiger partial charge in [0.25, 0.3) is 5.91 Å². The first kappa shape index (κ1) is 29.7. The van der Waals surface area contributed by atoms with E-state index in [0.29, 0.717) is 43.0 Å². The van der Waals surface area contributed by atoms with E-state index < -0.39 is 17.4 Å². The standard InChI is InChI=1S/C35H38N4O5/c1-24(8-7-13-32(41)38-22-27-12-6-5-11-26(27)18-29(38)23-40)35(44)30-19-28(37-17-16-36-20-33(37)42)14-15-31(30)39(34(35)43)21-25-9-3-2-4-10-25/h2-12,14-15,19,24,29,36,40,44H,13,16-18,20-23H2,1H3/b8-7+/t24-,29+,35+/m1/s1. The normalized spacial score (nSPS) is 22.3. The second-order valence-corrected chi connectivity index (χ2v) is 11.8. The minimum absolute atomic E-state index is 0.0711. The highest BCUT2D eigenvalue weighted by Crippen LogP contribution is 2.47. The molecule has 0 radical (unpaired) electrons. The van der Waals surface area contributed by atoms with Crippen molar-refractivity contribution in [3.63, 3.8) is 0 Å². The molecule has 3 heterocycles. The summed E-state index contributed by atoms with van der Waals surface area (Å²) < 4.78 is 0. The molecule has 0 saturated carbocycles. The number of carbonyl (C=O) groups is 3. The number of rotatable bonds is 8. The van der Waals surface area contributed by atoms with Crippen molar-refractivity contribution in [2.75, 3.05) is 36.0 Å². The molecule has 44 heavy (non-hydrogen) atoms. The summed E-state index contributed by atoms with van der Waals surface area (Å²) in [5.74, 6) is -1.32. The second kappa shape index (κ2) is 12.4. The minimum Gasteiger partial charge on any atom is -0.394 e. The van der Waals surface area contributed by atoms with Crippen LogP contribution in [-0.4, -0.2) is 65.1 Å². The summed E-state index contributed by atoms with van der Waals surface area (Å²) in [5.41, 5.74) is 2.92. The van der Waals surface area contributed by atoms with Gasteiger partial charge < -0.3 is 30.2 Å². The summed E-state index contributed by atoms with van der Waals surface area (Å²) in [4.78, 5) is 45.0. The molecule has 3 aromatic carbocycles. The van der Waals surface area contributed by atoms with Crippen molar-refractivity contribution in [1.29, 1.82) is 0 Å². The average molecular weight is 595 g/mol. The predicted octanol–water partition coefficient (Wildman–Crippen LogP) is 2.89. The summed E-state index contributed by atoms with van der Waals surface area (Å²) in [6, 6.07) is 22.6. The van der Waals surface area contributed by atoms with Gasteiger partial charge in [-0.15, -0.1) is 0 Å². The predicted molar refractivity (Wildman–Crippen MR) is 168 cm³/mol. The largest absolute Gasteiger partial charge is 0.394 e. The van der Waals surface area contributed by atoms with Gasteiger partial charge in [-0.2, -0.15) is 0 Å². The third-order valence-corrected chi connectivity index (χ3v) is 9.10. The number of nitrogens with one attached hydrogen (secondary N) is 1. The summed E-state index contributed by atoms with van der Waals surface area (Å²) in [6.45, 7) is 3.74. The average Bonchev–Trinajstić information content (AvgIpc) is 3.26. The van der Waals surface area contributed by atoms with Gasteiger partial charge in [0.1, 0.15) is 0 Å². The number of fused-ring (bicyclic) bond motifs is 2. The molecule has 9 nitrogen and oxygen atoms in total. The molecule has 1 saturated heterocycles. The van der Waals surface area contributed by atoms with Crippen LogP contribution in [0.4, 0.5) is 11.4 Å². The number of aliphatic hydroxyl groups is 2. The first-order valence-corrected chi connectivity index (χ1v) is 15.2. The number of piperazine rings is 1. The van der Waals surface area contributed by atoms with Crippen LogP contribution in [0.2, 0.25) is 0 Å². The van der Waals surface area contributed by atoms with Gasteiger partial charge in [0.2, 0.25) is 11.8 Å². The molecule has 3 aromatic rings. The van der Waals surface area contributed by atoms with Crippen LogP contribution in [0.25, 0.3) is 0 Å². The lowest BCUT2D eigenvalue weighted by Gasteiger charge is -2.36. The van der Waals surface area contributed by atoms with Crippen LogP contribution < -0.4 is 15.1 Å². The zero-order chi connectivity index (χ0) is 30.8. The van der Waals surface area contributed by atoms with Crippen LogP contribution in [0.3, 0.4) is 0 Å². The Bertz CT molecular complexity index is 1590. The van der Waals surface area contributed by atoms with Gasteiger partial charge in [0.05, 0.1) is 31.4 Å². The molecule has 0 bridgehead atoms. The molecular formula is C35H38N4O5. The van der Waals surface area contributed by atoms with E-state index in [4.69, 9.17) is 0 Å². The van der Waals surface area contributed by atoms with Gasteiger partial charge in [-0.3, -0.25) is 14.4 Å². The Morgan fingerprint density at radius 2 is 1.82 bits per heavy atom. The van der Waals surface area contributed by atoms with Crippen LogP contribution in [0.15, 0.2) is 84.9 Å². The van der Waals surface area contributed by atoms with E-state index in [0.717, 1.165) is 16.7 Å². The molecular weight excluding hydrogens is 556 g/mol. The van der Waals surface area contributed by atoms with Crippen LogP contribution in [-0.2, 0) is 39.5 Å². The van der Waals surface area contributed by atoms with Gasteiger partial charge >= 0.3 is 0 Å². The van der Waals surface area contributed by atoms with Gasteiger partial charge in [-0.25, -0.2) is 0 Å². The Morgan fingerprint density at radius 3 is 2.57 bits per heavy atom. The first-order valence-electron chi connectivity index (χ1n) is 15.2. The van der Waals surface area contributed by atoms with E-state index in [2.05, 4.69) is 5.32 Å². The quantitative estimate of drug-likeness (QED) is 0.346. The summed E-state index contributed by atoms with van der Waals surface area (Å²) in [7, 11) is 0. The molecule has 3 N–H and O–H groups in total. The molecule has 6 rings (SSSR count). The molecule has 3 amide bonds. The van der Waals surface area contributed by atoms with E-state index >= 15 is 0 Å². The number of amides is 3. The van der Waals surface area contributed by atoms with E-state index in [-0.39, 0.29) is 44.0 Å². The number of benzene rings is 3. The van der Waals surface area contributed by atoms with E-state index in [1.807, 2.05) is 66.7 Å². The summed E-state index contributed by atoms with van der Waals surface area (Å²) >= 11 is 0. The number of nitrogens with zero attached hydrogens (tertiary/aromatic N) is 3. The lowest BCUT2D eigenvalue weighted by Crippen LogP contribution is -2.48. The van der Waals surface area contributed by atoms with Crippen molar-refractivity contribution in [3.05, 3.63) is 107 Å². The lowest BCUT2D eigenvalue weighted by molar-refractivity contribution is -0.139. The van der Waals surface area contributed by atoms with Gasteiger partial charge in [0.15, 0.2) is 5.60 Å². The minimum atomic E-state index is -1.89. The fourth-order valence-electron chi connectivity index (χ4n) is 6.58. The SMILES string of the molecule is C[C@H](/C=C/CC(=O)N1Cc2ccccc2C[C@H]1CO)[C@@]1(O)C(=O)N(Cc2ccccc2)c2ccc(N3CCNCC3=O)cc21. The molecule has 3 aliphatic rings. The van der Waals surface area contributed by atoms with Crippen molar-refractivity contribution >= 4 is 29.1 Å². The number of hydrogen-bond donors (Lipinski definition) is 3. The Hall–Kier alpha value is -4.31. The number of aliphatic hydroxyl groups excluding tert-OH is 1. The highest BCUT2D eigenvalue weighted by Gasteiger charge is 2.52.